The van der Waals surface area contributed by atoms with E-state index in [1.165, 1.54) is 0 Å². The van der Waals surface area contributed by atoms with Crippen LogP contribution in [0.1, 0.15) is 30.0 Å². The molecule has 0 unspecified atom stereocenters. The van der Waals surface area contributed by atoms with Crippen molar-refractivity contribution in [3.8, 4) is 11.5 Å². The second-order valence-corrected chi connectivity index (χ2v) is 11.9. The number of para-hydroxylation sites is 2. The summed E-state index contributed by atoms with van der Waals surface area (Å²) in [6.07, 6.45) is 0.824. The van der Waals surface area contributed by atoms with Crippen LogP contribution >= 0.6 is 7.28 Å². The summed E-state index contributed by atoms with van der Waals surface area (Å²) in [6, 6.07) is 34.5. The van der Waals surface area contributed by atoms with Crippen molar-refractivity contribution in [2.75, 3.05) is 6.61 Å². The average Bonchev–Trinajstić information content (AvgIpc) is 2.85. The van der Waals surface area contributed by atoms with Gasteiger partial charge in [-0.2, -0.15) is 0 Å². The van der Waals surface area contributed by atoms with E-state index >= 15 is 0 Å². The zero-order valence-corrected chi connectivity index (χ0v) is 21.3. The number of rotatable bonds is 9. The topological polar surface area (TPSA) is 27.7 Å². The Hall–Kier alpha value is -3.13. The first-order valence-corrected chi connectivity index (χ1v) is 13.8. The molecule has 0 atom stereocenters. The Morgan fingerprint density at radius 3 is 1.59 bits per heavy atom. The van der Waals surface area contributed by atoms with E-state index in [1.54, 1.807) is 0 Å². The molecule has 4 heteroatoms. The van der Waals surface area contributed by atoms with Gasteiger partial charge in [0.05, 0.1) is 0 Å². The van der Waals surface area contributed by atoms with Crippen molar-refractivity contribution >= 4 is 17.9 Å². The molecule has 0 heterocycles. The molecule has 0 saturated heterocycles. The molecule has 0 radical (unpaired) electrons. The third-order valence-corrected chi connectivity index (χ3v) is 10.4. The Bertz CT molecular complexity index is 1210. The molecular formula is C30H33O3P. The van der Waals surface area contributed by atoms with Crippen molar-refractivity contribution in [2.24, 2.45) is 0 Å². The van der Waals surface area contributed by atoms with E-state index in [1.807, 2.05) is 72.8 Å². The van der Waals surface area contributed by atoms with E-state index in [4.69, 9.17) is 13.6 Å². The fourth-order valence-corrected chi connectivity index (χ4v) is 9.00. The minimum absolute atomic E-state index is 0.485. The van der Waals surface area contributed by atoms with Crippen LogP contribution in [0.4, 0.5) is 0 Å². The SMILES string of the molecule is CCCOP(Oc1ccccc1)(Oc1ccccc1C)(c1ccccc1C)c1ccccc1C. The van der Waals surface area contributed by atoms with Crippen molar-refractivity contribution < 1.29 is 13.6 Å². The predicted molar refractivity (Wildman–Crippen MR) is 144 cm³/mol. The number of benzene rings is 4. The Morgan fingerprint density at radius 2 is 1.06 bits per heavy atom. The minimum atomic E-state index is -4.25. The Balaban J connectivity index is 2.16. The molecule has 0 saturated carbocycles. The van der Waals surface area contributed by atoms with E-state index in [0.717, 1.165) is 39.5 Å². The first-order chi connectivity index (χ1) is 16.5. The maximum absolute atomic E-state index is 7.25. The molecule has 0 bridgehead atoms. The second kappa shape index (κ2) is 10.0. The predicted octanol–water partition coefficient (Wildman–Crippen LogP) is 7.45. The Kier molecular flexibility index (Phi) is 7.07. The molecule has 0 aliphatic rings. The molecule has 34 heavy (non-hydrogen) atoms. The molecular weight excluding hydrogens is 439 g/mol. The van der Waals surface area contributed by atoms with Gasteiger partial charge < -0.3 is 0 Å². The van der Waals surface area contributed by atoms with Gasteiger partial charge >= 0.3 is 204 Å². The van der Waals surface area contributed by atoms with Crippen molar-refractivity contribution in [1.29, 1.82) is 0 Å². The van der Waals surface area contributed by atoms with Gasteiger partial charge in [-0.1, -0.05) is 0 Å². The summed E-state index contributed by atoms with van der Waals surface area (Å²) in [4.78, 5) is 0. The van der Waals surface area contributed by atoms with Crippen LogP contribution in [-0.2, 0) is 4.52 Å². The van der Waals surface area contributed by atoms with Crippen molar-refractivity contribution in [1.82, 2.24) is 0 Å². The monoisotopic (exact) mass is 472 g/mol. The van der Waals surface area contributed by atoms with E-state index in [0.29, 0.717) is 12.4 Å². The van der Waals surface area contributed by atoms with Gasteiger partial charge in [0, 0.05) is 0 Å². The van der Waals surface area contributed by atoms with Crippen molar-refractivity contribution in [2.45, 2.75) is 34.1 Å². The molecule has 0 aliphatic heterocycles. The van der Waals surface area contributed by atoms with Gasteiger partial charge in [-0.3, -0.25) is 0 Å². The van der Waals surface area contributed by atoms with Gasteiger partial charge in [0.1, 0.15) is 0 Å². The van der Waals surface area contributed by atoms with Gasteiger partial charge in [0.15, 0.2) is 0 Å². The molecule has 0 fully saturated rings. The van der Waals surface area contributed by atoms with Crippen LogP contribution in [0.15, 0.2) is 103 Å². The van der Waals surface area contributed by atoms with Crippen molar-refractivity contribution in [3.63, 3.8) is 0 Å². The van der Waals surface area contributed by atoms with E-state index in [-0.39, 0.29) is 0 Å². The van der Waals surface area contributed by atoms with Crippen LogP contribution in [0, 0.1) is 20.8 Å². The molecule has 0 N–H and O–H groups in total. The van der Waals surface area contributed by atoms with Crippen LogP contribution < -0.4 is 19.7 Å². The molecule has 0 spiro atoms. The summed E-state index contributed by atoms with van der Waals surface area (Å²) in [5, 5.41) is 1.87. The standard InChI is InChI=1S/C30H33O3P/c1-5-23-31-34(29-21-13-10-16-25(29)3,30-22-14-11-17-26(30)4,32-27-18-7-6-8-19-27)33-28-20-12-9-15-24(28)2/h6-22H,5,23H2,1-4H3. The normalized spacial score (nSPS) is 12.5. The Labute approximate surface area is 203 Å². The molecule has 4 aromatic rings. The molecule has 3 nitrogen and oxygen atoms in total. The van der Waals surface area contributed by atoms with Crippen molar-refractivity contribution in [3.05, 3.63) is 120 Å². The summed E-state index contributed by atoms with van der Waals surface area (Å²) < 4.78 is 21.5. The van der Waals surface area contributed by atoms with Gasteiger partial charge in [-0.25, -0.2) is 0 Å². The van der Waals surface area contributed by atoms with E-state index < -0.39 is 7.28 Å². The molecule has 0 aromatic heterocycles. The Morgan fingerprint density at radius 1 is 0.559 bits per heavy atom. The van der Waals surface area contributed by atoms with Crippen LogP contribution in [0.25, 0.3) is 0 Å². The molecule has 0 amide bonds. The zero-order valence-electron chi connectivity index (χ0n) is 20.4. The summed E-state index contributed by atoms with van der Waals surface area (Å²) in [7, 11) is -4.25. The average molecular weight is 473 g/mol. The molecule has 0 aliphatic carbocycles. The third-order valence-electron chi connectivity index (χ3n) is 5.96. The van der Waals surface area contributed by atoms with Crippen LogP contribution in [0.5, 0.6) is 11.5 Å². The molecule has 4 rings (SSSR count). The molecule has 176 valence electrons. The van der Waals surface area contributed by atoms with Gasteiger partial charge in [-0.05, 0) is 0 Å². The first kappa shape index (κ1) is 24.0. The third kappa shape index (κ3) is 4.34. The summed E-state index contributed by atoms with van der Waals surface area (Å²) >= 11 is 0. The fourth-order valence-electron chi connectivity index (χ4n) is 4.30. The quantitative estimate of drug-likeness (QED) is 0.237. The number of aryl methyl sites for hydroxylation is 3. The van der Waals surface area contributed by atoms with Crippen LogP contribution in [-0.4, -0.2) is 6.61 Å². The summed E-state index contributed by atoms with van der Waals surface area (Å²) in [5.41, 5.74) is 3.14. The second-order valence-electron chi connectivity index (χ2n) is 8.55. The summed E-state index contributed by atoms with van der Waals surface area (Å²) in [6.45, 7) is 8.84. The maximum atomic E-state index is 7.25. The van der Waals surface area contributed by atoms with Gasteiger partial charge in [-0.15, -0.1) is 0 Å². The van der Waals surface area contributed by atoms with E-state index in [9.17, 15) is 0 Å². The zero-order chi connectivity index (χ0) is 24.0. The fraction of sp³-hybridized carbons (Fsp3) is 0.200. The van der Waals surface area contributed by atoms with Gasteiger partial charge in [0.25, 0.3) is 0 Å². The van der Waals surface area contributed by atoms with Crippen LogP contribution in [0.2, 0.25) is 0 Å². The summed E-state index contributed by atoms with van der Waals surface area (Å²) in [5.74, 6) is 1.45. The van der Waals surface area contributed by atoms with Gasteiger partial charge in [0.2, 0.25) is 0 Å². The van der Waals surface area contributed by atoms with Crippen LogP contribution in [0.3, 0.4) is 0 Å². The molecule has 4 aromatic carbocycles. The number of hydrogen-bond donors (Lipinski definition) is 0. The first-order valence-electron chi connectivity index (χ1n) is 11.8. The van der Waals surface area contributed by atoms with E-state index in [2.05, 4.69) is 58.0 Å². The number of hydrogen-bond acceptors (Lipinski definition) is 3.